The molecule has 0 spiro atoms. The Hall–Kier alpha value is -1.40. The van der Waals surface area contributed by atoms with Crippen molar-refractivity contribution in [3.8, 4) is 11.3 Å². The zero-order chi connectivity index (χ0) is 11.8. The summed E-state index contributed by atoms with van der Waals surface area (Å²) < 4.78 is 38.3. The average molecular weight is 262 g/mol. The second kappa shape index (κ2) is 3.88. The van der Waals surface area contributed by atoms with Crippen LogP contribution < -0.4 is 0 Å². The van der Waals surface area contributed by atoms with Crippen LogP contribution in [0.15, 0.2) is 39.9 Å². The molecule has 0 N–H and O–H groups in total. The molecular weight excluding hydrogens is 257 g/mol. The molecule has 4 nitrogen and oxygen atoms in total. The van der Waals surface area contributed by atoms with Crippen LogP contribution in [0.4, 0.5) is 3.89 Å². The molecule has 1 aromatic carbocycles. The second-order valence-corrected chi connectivity index (χ2v) is 4.56. The Bertz CT molecular complexity index is 609. The maximum atomic E-state index is 12.7. The number of benzene rings is 1. The molecular formula is C9H5ClFNO3S. The van der Waals surface area contributed by atoms with Gasteiger partial charge in [0, 0.05) is 5.56 Å². The molecule has 0 fully saturated rings. The normalized spacial score (nSPS) is 11.6. The first kappa shape index (κ1) is 11.1. The number of rotatable bonds is 2. The van der Waals surface area contributed by atoms with Gasteiger partial charge in [0.25, 0.3) is 0 Å². The van der Waals surface area contributed by atoms with Crippen molar-refractivity contribution in [2.45, 2.75) is 5.09 Å². The fraction of sp³-hybridized carbons (Fsp3) is 0. The van der Waals surface area contributed by atoms with Gasteiger partial charge in [-0.15, -0.1) is 0 Å². The van der Waals surface area contributed by atoms with Gasteiger partial charge in [-0.05, 0) is 0 Å². The van der Waals surface area contributed by atoms with Gasteiger partial charge in [0.05, 0.1) is 0 Å². The van der Waals surface area contributed by atoms with Gasteiger partial charge >= 0.3 is 15.3 Å². The molecule has 2 aromatic rings. The quantitative estimate of drug-likeness (QED) is 0.780. The van der Waals surface area contributed by atoms with Crippen molar-refractivity contribution in [2.75, 3.05) is 0 Å². The van der Waals surface area contributed by atoms with Crippen LogP contribution in [-0.4, -0.2) is 13.6 Å². The molecule has 7 heteroatoms. The summed E-state index contributed by atoms with van der Waals surface area (Å²) in [7, 11) is -4.98. The monoisotopic (exact) mass is 261 g/mol. The molecule has 0 bridgehead atoms. The first-order chi connectivity index (χ1) is 7.50. The predicted octanol–water partition coefficient (Wildman–Crippen LogP) is 2.65. The van der Waals surface area contributed by atoms with E-state index in [2.05, 4.69) is 9.68 Å². The van der Waals surface area contributed by atoms with Gasteiger partial charge in [0.15, 0.2) is 0 Å². The maximum absolute atomic E-state index is 12.7. The zero-order valence-corrected chi connectivity index (χ0v) is 9.30. The Balaban J connectivity index is 2.59. The number of hydrogen-bond acceptors (Lipinski definition) is 4. The minimum absolute atomic E-state index is 0.0958. The van der Waals surface area contributed by atoms with Crippen molar-refractivity contribution in [3.63, 3.8) is 0 Å². The standard InChI is InChI=1S/C9H5ClFNO3S/c10-7-8(6-4-2-1-3-5-6)12-15-9(7)16(11,13)14/h1-5H. The highest BCUT2D eigenvalue weighted by Gasteiger charge is 2.26. The minimum atomic E-state index is -4.98. The lowest BCUT2D eigenvalue weighted by molar-refractivity contribution is 0.334. The first-order valence-electron chi connectivity index (χ1n) is 4.15. The van der Waals surface area contributed by atoms with E-state index in [9.17, 15) is 12.3 Å². The van der Waals surface area contributed by atoms with Gasteiger partial charge < -0.3 is 4.52 Å². The topological polar surface area (TPSA) is 60.2 Å². The van der Waals surface area contributed by atoms with Crippen LogP contribution in [0.1, 0.15) is 0 Å². The van der Waals surface area contributed by atoms with Crippen LogP contribution in [0.3, 0.4) is 0 Å². The number of halogens is 2. The van der Waals surface area contributed by atoms with Gasteiger partial charge in [-0.2, -0.15) is 8.42 Å². The minimum Gasteiger partial charge on any atom is -0.339 e. The number of aromatic nitrogens is 1. The SMILES string of the molecule is O=S(=O)(F)c1onc(-c2ccccc2)c1Cl. The maximum Gasteiger partial charge on any atom is 0.370 e. The van der Waals surface area contributed by atoms with E-state index in [0.29, 0.717) is 5.56 Å². The third kappa shape index (κ3) is 1.94. The molecule has 0 radical (unpaired) electrons. The van der Waals surface area contributed by atoms with Crippen LogP contribution in [0, 0.1) is 0 Å². The molecule has 0 aliphatic carbocycles. The molecule has 0 unspecified atom stereocenters. The van der Waals surface area contributed by atoms with Crippen molar-refractivity contribution in [1.29, 1.82) is 0 Å². The summed E-state index contributed by atoms with van der Waals surface area (Å²) in [6, 6.07) is 8.49. The van der Waals surface area contributed by atoms with E-state index in [4.69, 9.17) is 11.6 Å². The molecule has 84 valence electrons. The lowest BCUT2D eigenvalue weighted by Crippen LogP contribution is -1.89. The molecule has 2 rings (SSSR count). The Labute approximate surface area is 95.8 Å². The molecule has 0 saturated carbocycles. The summed E-state index contributed by atoms with van der Waals surface area (Å²) in [6.45, 7) is 0. The van der Waals surface area contributed by atoms with Crippen LogP contribution in [-0.2, 0) is 10.2 Å². The zero-order valence-electron chi connectivity index (χ0n) is 7.72. The lowest BCUT2D eigenvalue weighted by atomic mass is 10.2. The fourth-order valence-electron chi connectivity index (χ4n) is 1.19. The molecule has 0 aliphatic heterocycles. The number of hydrogen-bond donors (Lipinski definition) is 0. The van der Waals surface area contributed by atoms with E-state index in [1.165, 1.54) is 0 Å². The van der Waals surface area contributed by atoms with E-state index in [-0.39, 0.29) is 10.7 Å². The Kier molecular flexibility index (Phi) is 2.69. The summed E-state index contributed by atoms with van der Waals surface area (Å²) in [6.07, 6.45) is 0. The van der Waals surface area contributed by atoms with Gasteiger partial charge in [0.2, 0.25) is 0 Å². The molecule has 0 atom stereocenters. The van der Waals surface area contributed by atoms with Crippen LogP contribution >= 0.6 is 11.6 Å². The summed E-state index contributed by atoms with van der Waals surface area (Å²) >= 11 is 5.67. The molecule has 16 heavy (non-hydrogen) atoms. The van der Waals surface area contributed by atoms with Gasteiger partial charge in [-0.25, -0.2) is 0 Å². The summed E-state index contributed by atoms with van der Waals surface area (Å²) in [5.41, 5.74) is 0.643. The van der Waals surface area contributed by atoms with Crippen molar-refractivity contribution in [3.05, 3.63) is 35.4 Å². The molecule has 1 heterocycles. The molecule has 1 aromatic heterocycles. The van der Waals surface area contributed by atoms with E-state index in [1.54, 1.807) is 30.3 Å². The number of nitrogens with zero attached hydrogens (tertiary/aromatic N) is 1. The van der Waals surface area contributed by atoms with Gasteiger partial charge in [-0.1, -0.05) is 51.0 Å². The summed E-state index contributed by atoms with van der Waals surface area (Å²) in [5, 5.41) is 2.11. The Morgan fingerprint density at radius 1 is 1.25 bits per heavy atom. The molecule has 0 saturated heterocycles. The highest BCUT2D eigenvalue weighted by Crippen LogP contribution is 2.33. The van der Waals surface area contributed by atoms with Crippen LogP contribution in [0.5, 0.6) is 0 Å². The van der Waals surface area contributed by atoms with Crippen molar-refractivity contribution >= 4 is 21.8 Å². The molecule has 0 aliphatic rings. The Morgan fingerprint density at radius 3 is 2.38 bits per heavy atom. The highest BCUT2D eigenvalue weighted by atomic mass is 35.5. The fourth-order valence-corrected chi connectivity index (χ4v) is 2.08. The lowest BCUT2D eigenvalue weighted by Gasteiger charge is -1.94. The van der Waals surface area contributed by atoms with E-state index < -0.39 is 15.3 Å². The third-order valence-corrected chi connectivity index (χ3v) is 3.06. The third-order valence-electron chi connectivity index (χ3n) is 1.88. The van der Waals surface area contributed by atoms with Gasteiger partial charge in [0.1, 0.15) is 10.7 Å². The van der Waals surface area contributed by atoms with Gasteiger partial charge in [-0.3, -0.25) is 0 Å². The van der Waals surface area contributed by atoms with Crippen molar-refractivity contribution in [1.82, 2.24) is 5.16 Å². The van der Waals surface area contributed by atoms with Crippen LogP contribution in [0.25, 0.3) is 11.3 Å². The largest absolute Gasteiger partial charge is 0.370 e. The predicted molar refractivity (Wildman–Crippen MR) is 55.2 cm³/mol. The van der Waals surface area contributed by atoms with E-state index in [0.717, 1.165) is 0 Å². The summed E-state index contributed by atoms with van der Waals surface area (Å²) in [5.74, 6) is 0. The van der Waals surface area contributed by atoms with Crippen molar-refractivity contribution in [2.24, 2.45) is 0 Å². The van der Waals surface area contributed by atoms with E-state index >= 15 is 0 Å². The Morgan fingerprint density at radius 2 is 1.88 bits per heavy atom. The summed E-state index contributed by atoms with van der Waals surface area (Å²) in [4.78, 5) is 0. The van der Waals surface area contributed by atoms with Crippen LogP contribution in [0.2, 0.25) is 5.02 Å². The average Bonchev–Trinajstić information content (AvgIpc) is 2.61. The van der Waals surface area contributed by atoms with Crippen molar-refractivity contribution < 1.29 is 16.8 Å². The van der Waals surface area contributed by atoms with E-state index in [1.807, 2.05) is 0 Å². The molecule has 0 amide bonds. The first-order valence-corrected chi connectivity index (χ1v) is 5.91. The smallest absolute Gasteiger partial charge is 0.339 e. The second-order valence-electron chi connectivity index (χ2n) is 2.94. The highest BCUT2D eigenvalue weighted by molar-refractivity contribution is 7.86.